The van der Waals surface area contributed by atoms with Gasteiger partial charge in [0.1, 0.15) is 0 Å². The molecule has 0 saturated carbocycles. The van der Waals surface area contributed by atoms with E-state index in [1.54, 1.807) is 0 Å². The van der Waals surface area contributed by atoms with Gasteiger partial charge in [-0.25, -0.2) is 0 Å². The average molecular weight is 373 g/mol. The summed E-state index contributed by atoms with van der Waals surface area (Å²) in [5, 5.41) is 8.14. The van der Waals surface area contributed by atoms with E-state index in [0.717, 1.165) is 0 Å². The van der Waals surface area contributed by atoms with Crippen molar-refractivity contribution < 1.29 is 0 Å². The predicted octanol–water partition coefficient (Wildman–Crippen LogP) is 9.51. The SMILES string of the molecule is CCCCCCCCCCCC.c1cc2ccc3cccc4ccc(c1)c2c34. The highest BCUT2D eigenvalue weighted by molar-refractivity contribution is 6.22. The molecule has 0 fully saturated rings. The van der Waals surface area contributed by atoms with E-state index < -0.39 is 0 Å². The first kappa shape index (κ1) is 20.6. The zero-order valence-electron chi connectivity index (χ0n) is 17.8. The summed E-state index contributed by atoms with van der Waals surface area (Å²) >= 11 is 0. The average Bonchev–Trinajstić information content (AvgIpc) is 2.75. The lowest BCUT2D eigenvalue weighted by atomic mass is 9.95. The zero-order valence-corrected chi connectivity index (χ0v) is 17.8. The van der Waals surface area contributed by atoms with Gasteiger partial charge in [-0.3, -0.25) is 0 Å². The summed E-state index contributed by atoms with van der Waals surface area (Å²) in [6, 6.07) is 21.9. The lowest BCUT2D eigenvalue weighted by Gasteiger charge is -2.09. The Morgan fingerprint density at radius 1 is 0.393 bits per heavy atom. The summed E-state index contributed by atoms with van der Waals surface area (Å²) in [6.07, 6.45) is 14.4. The van der Waals surface area contributed by atoms with Crippen LogP contribution in [0.4, 0.5) is 0 Å². The minimum atomic E-state index is 1.34. The number of rotatable bonds is 9. The van der Waals surface area contributed by atoms with Crippen LogP contribution >= 0.6 is 0 Å². The van der Waals surface area contributed by atoms with E-state index >= 15 is 0 Å². The fourth-order valence-corrected chi connectivity index (χ4v) is 4.23. The Labute approximate surface area is 171 Å². The number of benzene rings is 4. The summed E-state index contributed by atoms with van der Waals surface area (Å²) in [5.41, 5.74) is 0. The van der Waals surface area contributed by atoms with Gasteiger partial charge in [0.15, 0.2) is 0 Å². The van der Waals surface area contributed by atoms with Crippen molar-refractivity contribution >= 4 is 32.3 Å². The highest BCUT2D eigenvalue weighted by atomic mass is 14.1. The minimum absolute atomic E-state index is 1.34. The van der Waals surface area contributed by atoms with Gasteiger partial charge in [-0.2, -0.15) is 0 Å². The highest BCUT2D eigenvalue weighted by Crippen LogP contribution is 2.33. The molecule has 0 heteroatoms. The molecular weight excluding hydrogens is 336 g/mol. The maximum Gasteiger partial charge on any atom is -0.00268 e. The first-order valence-corrected chi connectivity index (χ1v) is 11.5. The van der Waals surface area contributed by atoms with Gasteiger partial charge in [0.25, 0.3) is 0 Å². The lowest BCUT2D eigenvalue weighted by Crippen LogP contribution is -1.82. The van der Waals surface area contributed by atoms with E-state index in [9.17, 15) is 0 Å². The third-order valence-electron chi connectivity index (χ3n) is 5.85. The molecular formula is C28H36. The Morgan fingerprint density at radius 3 is 0.964 bits per heavy atom. The van der Waals surface area contributed by atoms with Crippen LogP contribution in [0, 0.1) is 0 Å². The molecule has 28 heavy (non-hydrogen) atoms. The van der Waals surface area contributed by atoms with E-state index in [1.165, 1.54) is 96.5 Å². The van der Waals surface area contributed by atoms with Gasteiger partial charge in [-0.15, -0.1) is 0 Å². The van der Waals surface area contributed by atoms with Crippen molar-refractivity contribution in [3.8, 4) is 0 Å². The van der Waals surface area contributed by atoms with Gasteiger partial charge in [0, 0.05) is 0 Å². The third kappa shape index (κ3) is 5.25. The molecule has 148 valence electrons. The minimum Gasteiger partial charge on any atom is -0.0654 e. The predicted molar refractivity (Wildman–Crippen MR) is 128 cm³/mol. The zero-order chi connectivity index (χ0) is 19.6. The third-order valence-corrected chi connectivity index (χ3v) is 5.85. The van der Waals surface area contributed by atoms with E-state index in [-0.39, 0.29) is 0 Å². The Kier molecular flexibility index (Phi) is 8.15. The van der Waals surface area contributed by atoms with Gasteiger partial charge in [-0.1, -0.05) is 139 Å². The Bertz CT molecular complexity index is 810. The number of hydrogen-bond donors (Lipinski definition) is 0. The van der Waals surface area contributed by atoms with Crippen LogP contribution in [0.5, 0.6) is 0 Å². The molecule has 0 heterocycles. The monoisotopic (exact) mass is 372 g/mol. The summed E-state index contributed by atoms with van der Waals surface area (Å²) in [7, 11) is 0. The quantitative estimate of drug-likeness (QED) is 0.203. The second-order valence-electron chi connectivity index (χ2n) is 8.12. The van der Waals surface area contributed by atoms with Crippen LogP contribution in [-0.2, 0) is 0 Å². The molecule has 0 aromatic heterocycles. The van der Waals surface area contributed by atoms with Crippen LogP contribution in [-0.4, -0.2) is 0 Å². The van der Waals surface area contributed by atoms with Crippen LogP contribution in [0.15, 0.2) is 60.7 Å². The molecule has 0 radical (unpaired) electrons. The van der Waals surface area contributed by atoms with Crippen molar-refractivity contribution in [1.29, 1.82) is 0 Å². The van der Waals surface area contributed by atoms with E-state index in [4.69, 9.17) is 0 Å². The normalized spacial score (nSPS) is 11.2. The van der Waals surface area contributed by atoms with E-state index in [2.05, 4.69) is 74.5 Å². The van der Waals surface area contributed by atoms with Crippen LogP contribution in [0.3, 0.4) is 0 Å². The maximum absolute atomic E-state index is 2.28. The van der Waals surface area contributed by atoms with Crippen molar-refractivity contribution in [1.82, 2.24) is 0 Å². The Hall–Kier alpha value is -2.08. The molecule has 0 aliphatic carbocycles. The molecule has 0 aliphatic rings. The van der Waals surface area contributed by atoms with E-state index in [0.29, 0.717) is 0 Å². The van der Waals surface area contributed by atoms with Crippen LogP contribution < -0.4 is 0 Å². The van der Waals surface area contributed by atoms with Crippen LogP contribution in [0.2, 0.25) is 0 Å². The molecule has 4 rings (SSSR count). The Balaban J connectivity index is 0.000000170. The second kappa shape index (κ2) is 11.1. The molecule has 4 aromatic carbocycles. The van der Waals surface area contributed by atoms with E-state index in [1.807, 2.05) is 0 Å². The first-order chi connectivity index (χ1) is 13.8. The molecule has 4 aromatic rings. The number of hydrogen-bond acceptors (Lipinski definition) is 0. The molecule has 0 spiro atoms. The molecule has 0 amide bonds. The summed E-state index contributed by atoms with van der Waals surface area (Å²) in [5.74, 6) is 0. The Morgan fingerprint density at radius 2 is 0.679 bits per heavy atom. The molecule has 0 N–H and O–H groups in total. The van der Waals surface area contributed by atoms with Gasteiger partial charge in [0.05, 0.1) is 0 Å². The smallest absolute Gasteiger partial charge is 0.00268 e. The fraction of sp³-hybridized carbons (Fsp3) is 0.429. The van der Waals surface area contributed by atoms with Gasteiger partial charge in [0.2, 0.25) is 0 Å². The molecule has 0 bridgehead atoms. The molecule has 0 atom stereocenters. The van der Waals surface area contributed by atoms with Crippen molar-refractivity contribution in [3.63, 3.8) is 0 Å². The molecule has 0 nitrogen and oxygen atoms in total. The van der Waals surface area contributed by atoms with Crippen molar-refractivity contribution in [2.24, 2.45) is 0 Å². The first-order valence-electron chi connectivity index (χ1n) is 11.5. The highest BCUT2D eigenvalue weighted by Gasteiger charge is 2.05. The van der Waals surface area contributed by atoms with Crippen molar-refractivity contribution in [2.75, 3.05) is 0 Å². The standard InChI is InChI=1S/C16H10.C12H26/c1-3-11-7-9-13-5-2-6-14-10-8-12(4-1)15(11)16(13)14;1-3-5-7-9-11-12-10-8-6-4-2/h1-10H;3-12H2,1-2H3. The maximum atomic E-state index is 2.28. The topological polar surface area (TPSA) is 0 Å². The summed E-state index contributed by atoms with van der Waals surface area (Å²) < 4.78 is 0. The van der Waals surface area contributed by atoms with Crippen LogP contribution in [0.1, 0.15) is 78.1 Å². The fourth-order valence-electron chi connectivity index (χ4n) is 4.23. The van der Waals surface area contributed by atoms with Gasteiger partial charge in [-0.05, 0) is 32.3 Å². The summed E-state index contributed by atoms with van der Waals surface area (Å²) in [4.78, 5) is 0. The lowest BCUT2D eigenvalue weighted by molar-refractivity contribution is 0.562. The second-order valence-corrected chi connectivity index (χ2v) is 8.12. The molecule has 0 unspecified atom stereocenters. The van der Waals surface area contributed by atoms with Gasteiger partial charge < -0.3 is 0 Å². The van der Waals surface area contributed by atoms with Crippen molar-refractivity contribution in [2.45, 2.75) is 78.1 Å². The largest absolute Gasteiger partial charge is 0.0654 e. The number of unbranched alkanes of at least 4 members (excludes halogenated alkanes) is 9. The van der Waals surface area contributed by atoms with Crippen LogP contribution in [0.25, 0.3) is 32.3 Å². The molecule has 0 saturated heterocycles. The summed E-state index contributed by atoms with van der Waals surface area (Å²) in [6.45, 7) is 4.56. The van der Waals surface area contributed by atoms with Gasteiger partial charge >= 0.3 is 0 Å². The molecule has 0 aliphatic heterocycles. The van der Waals surface area contributed by atoms with Crippen molar-refractivity contribution in [3.05, 3.63) is 60.7 Å².